The quantitative estimate of drug-likeness (QED) is 0.136. The second-order valence-corrected chi connectivity index (χ2v) is 13.0. The van der Waals surface area contributed by atoms with Gasteiger partial charge < -0.3 is 20.2 Å². The summed E-state index contributed by atoms with van der Waals surface area (Å²) in [5.41, 5.74) is 13.6. The lowest BCUT2D eigenvalue weighted by Crippen LogP contribution is -1.95. The van der Waals surface area contributed by atoms with Gasteiger partial charge in [-0.15, -0.1) is 0 Å². The number of carbonyl (C=O) groups is 2. The molecule has 258 valence electrons. The van der Waals surface area contributed by atoms with Crippen molar-refractivity contribution in [3.05, 3.63) is 167 Å². The van der Waals surface area contributed by atoms with Crippen molar-refractivity contribution in [3.8, 4) is 44.5 Å². The lowest BCUT2D eigenvalue weighted by Gasteiger charge is -2.07. The number of fused-ring (bicyclic) bond motifs is 8. The fraction of sp³-hybridized carbons (Fsp3) is 0. The van der Waals surface area contributed by atoms with Crippen molar-refractivity contribution in [3.63, 3.8) is 0 Å². The van der Waals surface area contributed by atoms with Gasteiger partial charge in [0.15, 0.2) is 0 Å². The van der Waals surface area contributed by atoms with Gasteiger partial charge in [-0.1, -0.05) is 84.9 Å². The molecule has 0 atom stereocenters. The summed E-state index contributed by atoms with van der Waals surface area (Å²) in [5.74, 6) is -1.98. The molecule has 0 spiro atoms. The second kappa shape index (κ2) is 13.2. The number of nitrogens with one attached hydrogen (secondary N) is 2. The zero-order valence-corrected chi connectivity index (χ0v) is 28.6. The Bertz CT molecular complexity index is 2690. The number of hydrogen-bond donors (Lipinski definition) is 4. The van der Waals surface area contributed by atoms with Gasteiger partial charge in [0.25, 0.3) is 0 Å². The third-order valence-electron chi connectivity index (χ3n) is 9.72. The van der Waals surface area contributed by atoms with E-state index < -0.39 is 11.9 Å². The van der Waals surface area contributed by atoms with Crippen LogP contribution in [0.4, 0.5) is 0 Å². The molecule has 0 unspecified atom stereocenters. The van der Waals surface area contributed by atoms with E-state index in [-0.39, 0.29) is 11.1 Å². The van der Waals surface area contributed by atoms with Crippen molar-refractivity contribution in [2.75, 3.05) is 0 Å². The molecule has 3 aromatic heterocycles. The van der Waals surface area contributed by atoms with E-state index in [4.69, 9.17) is 9.97 Å². The predicted octanol–water partition coefficient (Wildman–Crippen LogP) is 10.7. The Balaban J connectivity index is 1.44. The maximum absolute atomic E-state index is 11.8. The first-order valence-corrected chi connectivity index (χ1v) is 17.4. The second-order valence-electron chi connectivity index (χ2n) is 13.0. The molecule has 0 saturated carbocycles. The average Bonchev–Trinajstić information content (AvgIpc) is 4.04. The molecule has 5 heterocycles. The Labute approximate surface area is 309 Å². The van der Waals surface area contributed by atoms with Crippen molar-refractivity contribution < 1.29 is 19.8 Å². The van der Waals surface area contributed by atoms with E-state index in [0.717, 1.165) is 78.0 Å². The Kier molecular flexibility index (Phi) is 7.90. The molecular formula is C46H30N4O4. The lowest BCUT2D eigenvalue weighted by atomic mass is 10.0. The number of hydrogen-bond acceptors (Lipinski definition) is 4. The number of aromatic carboxylic acids is 2. The number of benzene rings is 4. The van der Waals surface area contributed by atoms with Crippen molar-refractivity contribution in [2.45, 2.75) is 0 Å². The van der Waals surface area contributed by atoms with Gasteiger partial charge in [0, 0.05) is 44.3 Å². The highest BCUT2D eigenvalue weighted by Gasteiger charge is 2.20. The van der Waals surface area contributed by atoms with Gasteiger partial charge in [-0.2, -0.15) is 0 Å². The van der Waals surface area contributed by atoms with E-state index in [1.807, 2.05) is 121 Å². The van der Waals surface area contributed by atoms with E-state index in [2.05, 4.69) is 22.1 Å². The molecule has 9 rings (SSSR count). The van der Waals surface area contributed by atoms with Crippen LogP contribution >= 0.6 is 0 Å². The van der Waals surface area contributed by atoms with Crippen LogP contribution in [0.25, 0.3) is 90.9 Å². The van der Waals surface area contributed by atoms with Crippen molar-refractivity contribution >= 4 is 58.3 Å². The Morgan fingerprint density at radius 3 is 1.06 bits per heavy atom. The third kappa shape index (κ3) is 5.78. The van der Waals surface area contributed by atoms with Crippen LogP contribution in [0.15, 0.2) is 133 Å². The number of rotatable bonds is 6. The first kappa shape index (κ1) is 32.3. The molecule has 2 aliphatic heterocycles. The van der Waals surface area contributed by atoms with Gasteiger partial charge in [-0.25, -0.2) is 19.6 Å². The van der Waals surface area contributed by atoms with Crippen molar-refractivity contribution in [1.82, 2.24) is 19.9 Å². The molecule has 2 aliphatic rings. The molecule has 8 heteroatoms. The number of aromatic nitrogens is 4. The number of H-pyrrole nitrogens is 2. The molecule has 8 bridgehead atoms. The number of nitrogens with zero attached hydrogens (tertiary/aromatic N) is 2. The minimum Gasteiger partial charge on any atom is -0.478 e. The zero-order chi connectivity index (χ0) is 36.8. The van der Waals surface area contributed by atoms with Crippen LogP contribution in [-0.2, 0) is 0 Å². The summed E-state index contributed by atoms with van der Waals surface area (Å²) in [6.07, 6.45) is 7.96. The summed E-state index contributed by atoms with van der Waals surface area (Å²) in [6, 6.07) is 42.0. The molecule has 4 aromatic carbocycles. The molecule has 0 saturated heterocycles. The topological polar surface area (TPSA) is 132 Å². The Morgan fingerprint density at radius 2 is 0.685 bits per heavy atom. The summed E-state index contributed by atoms with van der Waals surface area (Å²) >= 11 is 0. The lowest BCUT2D eigenvalue weighted by molar-refractivity contribution is 0.0686. The SMILES string of the molecule is O=C(O)c1ccc(-c2c3nc(c(-c4ccccc4)c4nc(c(-c5ccc(C(=O)O)cc5)c5ccc([nH]5)c(-c5ccccc5)c5ccc2[nH]5)C=C4)C=C3)cc1. The molecule has 0 fully saturated rings. The minimum absolute atomic E-state index is 0.199. The molecule has 0 radical (unpaired) electrons. The van der Waals surface area contributed by atoms with Crippen LogP contribution in [0.3, 0.4) is 0 Å². The number of carboxylic acids is 2. The van der Waals surface area contributed by atoms with Crippen LogP contribution in [0.1, 0.15) is 43.5 Å². The van der Waals surface area contributed by atoms with Crippen LogP contribution in [0, 0.1) is 0 Å². The molecule has 4 N–H and O–H groups in total. The molecule has 0 amide bonds. The summed E-state index contributed by atoms with van der Waals surface area (Å²) in [4.78, 5) is 41.4. The number of aromatic amines is 2. The van der Waals surface area contributed by atoms with E-state index in [1.54, 1.807) is 24.3 Å². The van der Waals surface area contributed by atoms with Gasteiger partial charge in [0.1, 0.15) is 0 Å². The standard InChI is InChI=1S/C46H30N4O4/c51-45(52)31-15-11-29(12-16-31)43-37-23-19-33(47-37)41(27-7-3-1-4-8-27)34-20-24-38(48-34)44(30-13-17-32(18-14-30)46(53)54)40-26-22-36(50-40)42(28-9-5-2-6-10-28)35-21-25-39(43)49-35/h1-26,47-48H,(H,51,52)(H,53,54). The highest BCUT2D eigenvalue weighted by Crippen LogP contribution is 2.38. The first-order chi connectivity index (χ1) is 26.4. The van der Waals surface area contributed by atoms with Gasteiger partial charge in [0.05, 0.1) is 33.9 Å². The van der Waals surface area contributed by atoms with E-state index in [9.17, 15) is 19.8 Å². The van der Waals surface area contributed by atoms with Gasteiger partial charge in [-0.3, -0.25) is 0 Å². The molecule has 8 nitrogen and oxygen atoms in total. The van der Waals surface area contributed by atoms with Gasteiger partial charge in [-0.05, 0) is 95.1 Å². The van der Waals surface area contributed by atoms with Crippen LogP contribution in [0.5, 0.6) is 0 Å². The molecular weight excluding hydrogens is 673 g/mol. The molecule has 0 aliphatic carbocycles. The predicted molar refractivity (Wildman–Crippen MR) is 215 cm³/mol. The van der Waals surface area contributed by atoms with Crippen molar-refractivity contribution in [2.24, 2.45) is 0 Å². The van der Waals surface area contributed by atoms with E-state index in [1.165, 1.54) is 0 Å². The zero-order valence-electron chi connectivity index (χ0n) is 28.6. The highest BCUT2D eigenvalue weighted by molar-refractivity contribution is 6.01. The smallest absolute Gasteiger partial charge is 0.335 e. The summed E-state index contributed by atoms with van der Waals surface area (Å²) in [5, 5.41) is 19.3. The van der Waals surface area contributed by atoms with Gasteiger partial charge >= 0.3 is 11.9 Å². The largest absolute Gasteiger partial charge is 0.478 e. The van der Waals surface area contributed by atoms with Crippen LogP contribution in [0.2, 0.25) is 0 Å². The Hall–Kier alpha value is -7.58. The number of carboxylic acid groups (broad SMARTS) is 2. The summed E-state index contributed by atoms with van der Waals surface area (Å²) < 4.78 is 0. The monoisotopic (exact) mass is 702 g/mol. The maximum Gasteiger partial charge on any atom is 0.335 e. The van der Waals surface area contributed by atoms with E-state index >= 15 is 0 Å². The first-order valence-electron chi connectivity index (χ1n) is 17.4. The third-order valence-corrected chi connectivity index (χ3v) is 9.72. The highest BCUT2D eigenvalue weighted by atomic mass is 16.4. The normalized spacial score (nSPS) is 11.9. The van der Waals surface area contributed by atoms with E-state index in [0.29, 0.717) is 11.4 Å². The van der Waals surface area contributed by atoms with Gasteiger partial charge in [0.2, 0.25) is 0 Å². The summed E-state index contributed by atoms with van der Waals surface area (Å²) in [7, 11) is 0. The minimum atomic E-state index is -0.991. The molecule has 7 aromatic rings. The van der Waals surface area contributed by atoms with Crippen molar-refractivity contribution in [1.29, 1.82) is 0 Å². The molecule has 54 heavy (non-hydrogen) atoms. The van der Waals surface area contributed by atoms with Crippen LogP contribution < -0.4 is 0 Å². The Morgan fingerprint density at radius 1 is 0.370 bits per heavy atom. The summed E-state index contributed by atoms with van der Waals surface area (Å²) in [6.45, 7) is 0. The fourth-order valence-electron chi connectivity index (χ4n) is 7.19. The fourth-order valence-corrected chi connectivity index (χ4v) is 7.19. The average molecular weight is 703 g/mol. The maximum atomic E-state index is 11.8. The van der Waals surface area contributed by atoms with Crippen LogP contribution in [-0.4, -0.2) is 42.1 Å².